The molecule has 0 unspecified atom stereocenters. The van der Waals surface area contributed by atoms with Gasteiger partial charge < -0.3 is 10.2 Å². The van der Waals surface area contributed by atoms with Crippen LogP contribution in [0.1, 0.15) is 32.3 Å². The maximum absolute atomic E-state index is 12.7. The Hall–Kier alpha value is -1.51. The SMILES string of the molecule is CC(C)CN(C(=O)[C@@H]1Cc2ccccc2N1)C1CC1. The molecule has 0 radical (unpaired) electrons. The van der Waals surface area contributed by atoms with Gasteiger partial charge in [-0.15, -0.1) is 0 Å². The minimum absolute atomic E-state index is 0.0586. The van der Waals surface area contributed by atoms with Gasteiger partial charge in [-0.05, 0) is 30.4 Å². The molecule has 1 saturated carbocycles. The highest BCUT2D eigenvalue weighted by atomic mass is 16.2. The first-order valence-electron chi connectivity index (χ1n) is 7.30. The van der Waals surface area contributed by atoms with Crippen molar-refractivity contribution in [3.63, 3.8) is 0 Å². The van der Waals surface area contributed by atoms with Crippen molar-refractivity contribution in [1.82, 2.24) is 4.90 Å². The summed E-state index contributed by atoms with van der Waals surface area (Å²) in [6, 6.07) is 8.68. The van der Waals surface area contributed by atoms with E-state index < -0.39 is 0 Å². The van der Waals surface area contributed by atoms with Crippen molar-refractivity contribution in [2.75, 3.05) is 11.9 Å². The molecule has 1 aromatic carbocycles. The summed E-state index contributed by atoms with van der Waals surface area (Å²) in [6.07, 6.45) is 3.19. The maximum atomic E-state index is 12.7. The predicted molar refractivity (Wildman–Crippen MR) is 77.1 cm³/mol. The van der Waals surface area contributed by atoms with Crippen molar-refractivity contribution < 1.29 is 4.79 Å². The molecule has 1 atom stereocenters. The molecule has 3 heteroatoms. The lowest BCUT2D eigenvalue weighted by Crippen LogP contribution is -2.45. The molecule has 0 bridgehead atoms. The molecule has 0 spiro atoms. The summed E-state index contributed by atoms with van der Waals surface area (Å²) in [5.41, 5.74) is 2.39. The molecule has 1 N–H and O–H groups in total. The van der Waals surface area contributed by atoms with Gasteiger partial charge in [-0.2, -0.15) is 0 Å². The predicted octanol–water partition coefficient (Wildman–Crippen LogP) is 2.67. The summed E-state index contributed by atoms with van der Waals surface area (Å²) in [5, 5.41) is 3.38. The van der Waals surface area contributed by atoms with Crippen molar-refractivity contribution in [1.29, 1.82) is 0 Å². The van der Waals surface area contributed by atoms with Gasteiger partial charge in [0.15, 0.2) is 0 Å². The van der Waals surface area contributed by atoms with Crippen molar-refractivity contribution in [3.8, 4) is 0 Å². The number of hydrogen-bond acceptors (Lipinski definition) is 2. The van der Waals surface area contributed by atoms with Crippen LogP contribution in [0.2, 0.25) is 0 Å². The Morgan fingerprint density at radius 2 is 2.11 bits per heavy atom. The number of anilines is 1. The Kier molecular flexibility index (Phi) is 3.21. The Morgan fingerprint density at radius 3 is 2.74 bits per heavy atom. The average molecular weight is 258 g/mol. The lowest BCUT2D eigenvalue weighted by molar-refractivity contribution is -0.133. The van der Waals surface area contributed by atoms with Crippen molar-refractivity contribution in [2.24, 2.45) is 5.92 Å². The molecule has 1 amide bonds. The van der Waals surface area contributed by atoms with Crippen LogP contribution in [0.4, 0.5) is 5.69 Å². The lowest BCUT2D eigenvalue weighted by atomic mass is 10.1. The minimum atomic E-state index is -0.0586. The quantitative estimate of drug-likeness (QED) is 0.900. The number of rotatable bonds is 4. The zero-order chi connectivity index (χ0) is 13.4. The van der Waals surface area contributed by atoms with E-state index in [-0.39, 0.29) is 11.9 Å². The Bertz CT molecular complexity index is 454. The first-order valence-corrected chi connectivity index (χ1v) is 7.30. The molecule has 1 fully saturated rings. The number of amides is 1. The topological polar surface area (TPSA) is 32.3 Å². The fraction of sp³-hybridized carbons (Fsp3) is 0.562. The first-order chi connectivity index (χ1) is 9.15. The van der Waals surface area contributed by atoms with Crippen molar-refractivity contribution >= 4 is 11.6 Å². The fourth-order valence-corrected chi connectivity index (χ4v) is 2.85. The maximum Gasteiger partial charge on any atom is 0.245 e. The zero-order valence-corrected chi connectivity index (χ0v) is 11.7. The van der Waals surface area contributed by atoms with Crippen LogP contribution >= 0.6 is 0 Å². The van der Waals surface area contributed by atoms with Crippen LogP contribution in [0, 0.1) is 5.92 Å². The summed E-state index contributed by atoms with van der Waals surface area (Å²) in [7, 11) is 0. The van der Waals surface area contributed by atoms with Gasteiger partial charge in [0.05, 0.1) is 0 Å². The van der Waals surface area contributed by atoms with Crippen molar-refractivity contribution in [3.05, 3.63) is 29.8 Å². The number of hydrogen-bond donors (Lipinski definition) is 1. The Balaban J connectivity index is 1.71. The molecule has 0 saturated heterocycles. The van der Waals surface area contributed by atoms with Crippen LogP contribution in [0.3, 0.4) is 0 Å². The van der Waals surface area contributed by atoms with Crippen LogP contribution in [0.25, 0.3) is 0 Å². The fourth-order valence-electron chi connectivity index (χ4n) is 2.85. The number of nitrogens with zero attached hydrogens (tertiary/aromatic N) is 1. The summed E-state index contributed by atoms with van der Waals surface area (Å²) in [4.78, 5) is 14.8. The highest BCUT2D eigenvalue weighted by molar-refractivity contribution is 5.88. The van der Waals surface area contributed by atoms with Crippen LogP contribution in [0.15, 0.2) is 24.3 Å². The van der Waals surface area contributed by atoms with E-state index >= 15 is 0 Å². The van der Waals surface area contributed by atoms with E-state index in [2.05, 4.69) is 36.2 Å². The summed E-state index contributed by atoms with van der Waals surface area (Å²) in [5.74, 6) is 0.820. The Morgan fingerprint density at radius 1 is 1.37 bits per heavy atom. The van der Waals surface area contributed by atoms with Gasteiger partial charge in [0.1, 0.15) is 6.04 Å². The van der Waals surface area contributed by atoms with Crippen molar-refractivity contribution in [2.45, 2.75) is 45.2 Å². The largest absolute Gasteiger partial charge is 0.373 e. The highest BCUT2D eigenvalue weighted by Gasteiger charge is 2.37. The van der Waals surface area contributed by atoms with E-state index in [4.69, 9.17) is 0 Å². The first kappa shape index (κ1) is 12.5. The summed E-state index contributed by atoms with van der Waals surface area (Å²) >= 11 is 0. The van der Waals surface area contributed by atoms with Crippen LogP contribution < -0.4 is 5.32 Å². The molecule has 0 aromatic heterocycles. The number of carbonyl (C=O) groups is 1. The summed E-state index contributed by atoms with van der Waals surface area (Å²) in [6.45, 7) is 5.25. The van der Waals surface area contributed by atoms with E-state index in [0.29, 0.717) is 12.0 Å². The molecule has 1 aliphatic carbocycles. The second-order valence-electron chi connectivity index (χ2n) is 6.17. The smallest absolute Gasteiger partial charge is 0.245 e. The van der Waals surface area contributed by atoms with Crippen LogP contribution in [-0.4, -0.2) is 29.4 Å². The average Bonchev–Trinajstić information content (AvgIpc) is 3.13. The molecule has 1 aliphatic heterocycles. The van der Waals surface area contributed by atoms with E-state index in [0.717, 1.165) is 18.7 Å². The molecular weight excluding hydrogens is 236 g/mol. The third kappa shape index (κ3) is 2.60. The second kappa shape index (κ2) is 4.87. The van der Waals surface area contributed by atoms with Gasteiger partial charge >= 0.3 is 0 Å². The van der Waals surface area contributed by atoms with E-state index in [1.165, 1.54) is 18.4 Å². The van der Waals surface area contributed by atoms with Crippen LogP contribution in [0.5, 0.6) is 0 Å². The molecule has 1 aromatic rings. The normalized spacial score (nSPS) is 21.1. The third-order valence-corrected chi connectivity index (χ3v) is 3.90. The monoisotopic (exact) mass is 258 g/mol. The van der Waals surface area contributed by atoms with E-state index in [1.807, 2.05) is 12.1 Å². The molecule has 3 rings (SSSR count). The molecule has 102 valence electrons. The number of benzene rings is 1. The van der Waals surface area contributed by atoms with Gasteiger partial charge in [0.25, 0.3) is 0 Å². The van der Waals surface area contributed by atoms with E-state index in [9.17, 15) is 4.79 Å². The minimum Gasteiger partial charge on any atom is -0.373 e. The lowest BCUT2D eigenvalue weighted by Gasteiger charge is -2.27. The Labute approximate surface area is 115 Å². The molecule has 2 aliphatic rings. The van der Waals surface area contributed by atoms with Gasteiger partial charge in [-0.3, -0.25) is 4.79 Å². The molecular formula is C16H22N2O. The molecule has 1 heterocycles. The second-order valence-corrected chi connectivity index (χ2v) is 6.17. The standard InChI is InChI=1S/C16H22N2O/c1-11(2)10-18(13-7-8-13)16(19)15-9-12-5-3-4-6-14(12)17-15/h3-6,11,13,15,17H,7-10H2,1-2H3/t15-/m0/s1. The van der Waals surface area contributed by atoms with Crippen LogP contribution in [-0.2, 0) is 11.2 Å². The number of nitrogens with one attached hydrogen (secondary N) is 1. The third-order valence-electron chi connectivity index (χ3n) is 3.90. The van der Waals surface area contributed by atoms with Gasteiger partial charge in [-0.25, -0.2) is 0 Å². The number of carbonyl (C=O) groups excluding carboxylic acids is 1. The number of fused-ring (bicyclic) bond motifs is 1. The number of para-hydroxylation sites is 1. The molecule has 19 heavy (non-hydrogen) atoms. The zero-order valence-electron chi connectivity index (χ0n) is 11.7. The summed E-state index contributed by atoms with van der Waals surface area (Å²) < 4.78 is 0. The highest BCUT2D eigenvalue weighted by Crippen LogP contribution is 2.31. The molecule has 3 nitrogen and oxygen atoms in total. The van der Waals surface area contributed by atoms with Gasteiger partial charge in [0.2, 0.25) is 5.91 Å². The van der Waals surface area contributed by atoms with E-state index in [1.54, 1.807) is 0 Å². The van der Waals surface area contributed by atoms with Gasteiger partial charge in [0, 0.05) is 24.7 Å². The van der Waals surface area contributed by atoms with Gasteiger partial charge in [-0.1, -0.05) is 32.0 Å².